The van der Waals surface area contributed by atoms with Crippen LogP contribution in [0.4, 0.5) is 65.9 Å². The first-order valence-electron chi connectivity index (χ1n) is 5.85. The third-order valence-corrected chi connectivity index (χ3v) is 3.14. The smallest absolute Gasteiger partial charge is 0.296 e. The Morgan fingerprint density at radius 1 is 0.577 bits per heavy atom. The molecule has 0 saturated heterocycles. The zero-order chi connectivity index (χ0) is 21.8. The lowest BCUT2D eigenvalue weighted by Gasteiger charge is -2.45. The Morgan fingerprint density at radius 3 is 1.08 bits per heavy atom. The normalized spacial score (nSPS) is 17.8. The van der Waals surface area contributed by atoms with Gasteiger partial charge in [-0.05, 0) is 0 Å². The fourth-order valence-electron chi connectivity index (χ4n) is 1.77. The highest BCUT2D eigenvalue weighted by molar-refractivity contribution is 5.90. The first kappa shape index (κ1) is 24.6. The van der Waals surface area contributed by atoms with Crippen molar-refractivity contribution in [2.24, 2.45) is 0 Å². The fourth-order valence-corrected chi connectivity index (χ4v) is 1.77. The minimum atomic E-state index is -8.13. The van der Waals surface area contributed by atoms with Crippen molar-refractivity contribution in [1.82, 2.24) is 0 Å². The molecule has 0 amide bonds. The molecule has 0 aromatic rings. The van der Waals surface area contributed by atoms with Crippen LogP contribution in [-0.2, 0) is 4.79 Å². The number of ketones is 1. The maximum Gasteiger partial charge on any atom is 0.460 e. The number of Topliss-reactive ketones (excluding diaryl/α,β-unsaturated/α-hetero) is 1. The summed E-state index contributed by atoms with van der Waals surface area (Å²) in [6.45, 7) is 0.0334. The van der Waals surface area contributed by atoms with Gasteiger partial charge in [0.1, 0.15) is 0 Å². The third kappa shape index (κ3) is 2.88. The van der Waals surface area contributed by atoms with Crippen LogP contribution < -0.4 is 0 Å². The molecule has 0 aliphatic rings. The molecule has 16 heteroatoms. The molecule has 0 aromatic heterocycles. The zero-order valence-electron chi connectivity index (χ0n) is 11.8. The summed E-state index contributed by atoms with van der Waals surface area (Å²) in [5, 5.41) is 0. The van der Waals surface area contributed by atoms with Crippen molar-refractivity contribution in [3.63, 3.8) is 0 Å². The number of carbonyl (C=O) groups excluding carboxylic acids is 1. The molecule has 1 unspecified atom stereocenters. The number of hydrogen-bond donors (Lipinski definition) is 0. The van der Waals surface area contributed by atoms with E-state index in [2.05, 4.69) is 0 Å². The number of hydrogen-bond acceptors (Lipinski definition) is 1. The Kier molecular flexibility index (Phi) is 5.75. The van der Waals surface area contributed by atoms with Crippen LogP contribution in [0.25, 0.3) is 0 Å². The van der Waals surface area contributed by atoms with E-state index in [-0.39, 0.29) is 6.92 Å². The SMILES string of the molecule is CCC(=O)C(F)(C(F)(F)C(F)(F)C(F)(F)F)C(F)(C(F)(F)F)C(F)(F)F. The van der Waals surface area contributed by atoms with Gasteiger partial charge in [-0.1, -0.05) is 6.92 Å². The van der Waals surface area contributed by atoms with E-state index in [4.69, 9.17) is 0 Å². The second-order valence-corrected chi connectivity index (χ2v) is 4.74. The van der Waals surface area contributed by atoms with Crippen LogP contribution in [0.2, 0.25) is 0 Å². The first-order chi connectivity index (χ1) is 11.0. The molecule has 0 N–H and O–H groups in total. The van der Waals surface area contributed by atoms with E-state index >= 15 is 0 Å². The van der Waals surface area contributed by atoms with Gasteiger partial charge in [-0.15, -0.1) is 0 Å². The van der Waals surface area contributed by atoms with Crippen molar-refractivity contribution < 1.29 is 70.7 Å². The van der Waals surface area contributed by atoms with Crippen molar-refractivity contribution in [2.75, 3.05) is 0 Å². The summed E-state index contributed by atoms with van der Waals surface area (Å²) in [4.78, 5) is 11.0. The van der Waals surface area contributed by atoms with Gasteiger partial charge >= 0.3 is 36.0 Å². The Balaban J connectivity index is 7.30. The molecule has 0 aromatic carbocycles. The average molecular weight is 426 g/mol. The molecule has 26 heavy (non-hydrogen) atoms. The fraction of sp³-hybridized carbons (Fsp3) is 0.900. The van der Waals surface area contributed by atoms with Crippen LogP contribution in [0.15, 0.2) is 0 Å². The van der Waals surface area contributed by atoms with Crippen LogP contribution in [-0.4, -0.2) is 47.5 Å². The van der Waals surface area contributed by atoms with E-state index in [0.717, 1.165) is 0 Å². The van der Waals surface area contributed by atoms with Crippen molar-refractivity contribution in [1.29, 1.82) is 0 Å². The van der Waals surface area contributed by atoms with Gasteiger partial charge in [-0.3, -0.25) is 4.79 Å². The molecule has 0 rings (SSSR count). The van der Waals surface area contributed by atoms with Crippen LogP contribution >= 0.6 is 0 Å². The summed E-state index contributed by atoms with van der Waals surface area (Å²) in [6.07, 6.45) is -25.6. The van der Waals surface area contributed by atoms with Crippen molar-refractivity contribution in [3.8, 4) is 0 Å². The summed E-state index contributed by atoms with van der Waals surface area (Å²) in [5.74, 6) is -19.9. The lowest BCUT2D eigenvalue weighted by molar-refractivity contribution is -0.431. The zero-order valence-corrected chi connectivity index (χ0v) is 11.8. The Morgan fingerprint density at radius 2 is 0.885 bits per heavy atom. The topological polar surface area (TPSA) is 17.1 Å². The molecule has 0 bridgehead atoms. The van der Waals surface area contributed by atoms with E-state index < -0.39 is 53.9 Å². The Hall–Kier alpha value is -1.38. The molecule has 0 aliphatic heterocycles. The molecular formula is C10H5F15O. The van der Waals surface area contributed by atoms with E-state index in [1.54, 1.807) is 0 Å². The van der Waals surface area contributed by atoms with E-state index in [0.29, 0.717) is 0 Å². The van der Waals surface area contributed by atoms with Gasteiger partial charge in [-0.25, -0.2) is 8.78 Å². The molecule has 1 atom stereocenters. The van der Waals surface area contributed by atoms with Gasteiger partial charge in [0.25, 0.3) is 5.67 Å². The van der Waals surface area contributed by atoms with Crippen LogP contribution in [0.1, 0.15) is 13.3 Å². The highest BCUT2D eigenvalue weighted by atomic mass is 19.4. The molecule has 156 valence electrons. The van der Waals surface area contributed by atoms with E-state index in [9.17, 15) is 70.7 Å². The minimum absolute atomic E-state index is 0.0334. The van der Waals surface area contributed by atoms with Gasteiger partial charge in [0.15, 0.2) is 5.78 Å². The summed E-state index contributed by atoms with van der Waals surface area (Å²) >= 11 is 0. The number of carbonyl (C=O) groups is 1. The van der Waals surface area contributed by atoms with Gasteiger partial charge < -0.3 is 0 Å². The van der Waals surface area contributed by atoms with Crippen LogP contribution in [0.3, 0.4) is 0 Å². The average Bonchev–Trinajstić information content (AvgIpc) is 2.40. The van der Waals surface area contributed by atoms with Crippen LogP contribution in [0.5, 0.6) is 0 Å². The van der Waals surface area contributed by atoms with Crippen molar-refractivity contribution in [3.05, 3.63) is 0 Å². The van der Waals surface area contributed by atoms with Gasteiger partial charge in [0.2, 0.25) is 0 Å². The Bertz CT molecular complexity index is 524. The lowest BCUT2D eigenvalue weighted by atomic mass is 9.73. The predicted molar refractivity (Wildman–Crippen MR) is 51.0 cm³/mol. The molecule has 0 spiro atoms. The highest BCUT2D eigenvalue weighted by Gasteiger charge is 2.96. The summed E-state index contributed by atoms with van der Waals surface area (Å²) in [5.41, 5.74) is -15.8. The summed E-state index contributed by atoms with van der Waals surface area (Å²) in [7, 11) is 0. The van der Waals surface area contributed by atoms with E-state index in [1.807, 2.05) is 0 Å². The van der Waals surface area contributed by atoms with Gasteiger partial charge in [0, 0.05) is 6.42 Å². The molecule has 0 heterocycles. The standard InChI is InChI=1S/C10H5F15O/c1-2-3(26)4(11,5(12,8(17,18)19)9(20,21)22)6(13,14)7(15,16)10(23,24)25/h2H2,1H3. The predicted octanol–water partition coefficient (Wildman–Crippen LogP) is 5.34. The second-order valence-electron chi connectivity index (χ2n) is 4.74. The van der Waals surface area contributed by atoms with Gasteiger partial charge in [0.05, 0.1) is 0 Å². The van der Waals surface area contributed by atoms with Crippen LogP contribution in [0, 0.1) is 0 Å². The quantitative estimate of drug-likeness (QED) is 0.543. The minimum Gasteiger partial charge on any atom is -0.296 e. The third-order valence-electron chi connectivity index (χ3n) is 3.14. The molecular weight excluding hydrogens is 421 g/mol. The highest BCUT2D eigenvalue weighted by Crippen LogP contribution is 2.63. The van der Waals surface area contributed by atoms with Gasteiger partial charge in [-0.2, -0.15) is 57.1 Å². The van der Waals surface area contributed by atoms with Crippen molar-refractivity contribution >= 4 is 5.78 Å². The molecule has 0 radical (unpaired) electrons. The molecule has 1 nitrogen and oxygen atoms in total. The Labute approximate surface area is 133 Å². The first-order valence-corrected chi connectivity index (χ1v) is 5.85. The maximum absolute atomic E-state index is 14.1. The lowest BCUT2D eigenvalue weighted by Crippen LogP contribution is -2.79. The molecule has 0 aliphatic carbocycles. The summed E-state index contributed by atoms with van der Waals surface area (Å²) in [6, 6.07) is 0. The number of halogens is 15. The monoisotopic (exact) mass is 426 g/mol. The second kappa shape index (κ2) is 6.07. The number of rotatable bonds is 5. The van der Waals surface area contributed by atoms with Crippen molar-refractivity contribution in [2.45, 2.75) is 55.1 Å². The molecule has 0 saturated carbocycles. The summed E-state index contributed by atoms with van der Waals surface area (Å²) < 4.78 is 191. The number of alkyl halides is 15. The largest absolute Gasteiger partial charge is 0.460 e. The maximum atomic E-state index is 14.1. The molecule has 0 fully saturated rings. The van der Waals surface area contributed by atoms with E-state index in [1.165, 1.54) is 0 Å².